The zero-order valence-electron chi connectivity index (χ0n) is 13.9. The fraction of sp³-hybridized carbons (Fsp3) is 0.647. The molecule has 0 saturated carbocycles. The minimum absolute atomic E-state index is 0.0313. The number of hydrogen-bond acceptors (Lipinski definition) is 5. The number of aliphatic hydroxyl groups is 1. The summed E-state index contributed by atoms with van der Waals surface area (Å²) in [5, 5.41) is 10.8. The Morgan fingerprint density at radius 1 is 1.25 bits per heavy atom. The molecule has 0 aliphatic carbocycles. The molecule has 3 heterocycles. The number of amides is 1. The van der Waals surface area contributed by atoms with Gasteiger partial charge in [0.2, 0.25) is 5.91 Å². The molecule has 0 unspecified atom stereocenters. The van der Waals surface area contributed by atoms with Crippen LogP contribution in [-0.2, 0) is 20.2 Å². The lowest BCUT2D eigenvalue weighted by Gasteiger charge is -2.39. The van der Waals surface area contributed by atoms with Crippen molar-refractivity contribution in [3.63, 3.8) is 0 Å². The summed E-state index contributed by atoms with van der Waals surface area (Å²) in [5.74, 6) is 0.0455. The number of likely N-dealkylation sites (tertiary alicyclic amines) is 1. The first-order chi connectivity index (χ1) is 11.3. The van der Waals surface area contributed by atoms with Gasteiger partial charge >= 0.3 is 0 Å². The summed E-state index contributed by atoms with van der Waals surface area (Å²) in [6.45, 7) is 2.91. The lowest BCUT2D eigenvalue weighted by Crippen LogP contribution is -2.48. The maximum absolute atomic E-state index is 12.6. The molecule has 2 saturated heterocycles. The number of carbonyl (C=O) groups is 1. The summed E-state index contributed by atoms with van der Waals surface area (Å²) in [5.41, 5.74) is 0.714. The van der Waals surface area contributed by atoms with E-state index in [-0.39, 0.29) is 23.3 Å². The van der Waals surface area contributed by atoms with Gasteiger partial charge in [-0.25, -0.2) is 8.42 Å². The minimum atomic E-state index is -2.96. The normalized spacial score (nSPS) is 23.8. The minimum Gasteiger partial charge on any atom is -0.383 e. The Morgan fingerprint density at radius 3 is 2.42 bits per heavy atom. The van der Waals surface area contributed by atoms with Gasteiger partial charge in [-0.1, -0.05) is 6.07 Å². The van der Waals surface area contributed by atoms with Gasteiger partial charge in [-0.3, -0.25) is 9.78 Å². The molecular weight excluding hydrogens is 328 g/mol. The van der Waals surface area contributed by atoms with Gasteiger partial charge in [0.15, 0.2) is 0 Å². The Labute approximate surface area is 142 Å². The van der Waals surface area contributed by atoms with Crippen molar-refractivity contribution in [3.8, 4) is 0 Å². The fourth-order valence-electron chi connectivity index (χ4n) is 3.49. The van der Waals surface area contributed by atoms with Crippen LogP contribution < -0.4 is 0 Å². The molecule has 6 nitrogen and oxygen atoms in total. The first-order valence-electron chi connectivity index (χ1n) is 8.44. The molecule has 2 aliphatic heterocycles. The molecule has 0 radical (unpaired) electrons. The topological polar surface area (TPSA) is 87.6 Å². The van der Waals surface area contributed by atoms with Crippen LogP contribution in [-0.4, -0.2) is 53.9 Å². The van der Waals surface area contributed by atoms with Crippen LogP contribution in [0.1, 0.15) is 36.9 Å². The molecule has 2 fully saturated rings. The lowest BCUT2D eigenvalue weighted by molar-refractivity contribution is -0.140. The number of sulfone groups is 1. The van der Waals surface area contributed by atoms with Crippen LogP contribution in [0, 0.1) is 12.8 Å². The van der Waals surface area contributed by atoms with Crippen molar-refractivity contribution in [1.82, 2.24) is 9.88 Å². The Balaban J connectivity index is 1.60. The summed E-state index contributed by atoms with van der Waals surface area (Å²) >= 11 is 0. The lowest BCUT2D eigenvalue weighted by atomic mass is 9.87. The number of pyridine rings is 1. The first kappa shape index (κ1) is 17.4. The van der Waals surface area contributed by atoms with Crippen molar-refractivity contribution in [2.45, 2.75) is 38.2 Å². The standard InChI is InChI=1S/C17H24N2O4S/c1-13-2-3-15(18-12-13)17(21)6-8-19(9-7-17)16(20)14-4-10-24(22,23)11-5-14/h2-3,12,14,21H,4-11H2,1H3. The van der Waals surface area contributed by atoms with E-state index in [9.17, 15) is 18.3 Å². The van der Waals surface area contributed by atoms with Crippen LogP contribution in [0.25, 0.3) is 0 Å². The Morgan fingerprint density at radius 2 is 1.88 bits per heavy atom. The molecule has 1 aromatic rings. The predicted octanol–water partition coefficient (Wildman–Crippen LogP) is 1.02. The zero-order chi connectivity index (χ0) is 17.4. The van der Waals surface area contributed by atoms with E-state index in [0.717, 1.165) is 5.56 Å². The van der Waals surface area contributed by atoms with Crippen molar-refractivity contribution >= 4 is 15.7 Å². The molecule has 2 aliphatic rings. The van der Waals surface area contributed by atoms with Gasteiger partial charge < -0.3 is 10.0 Å². The van der Waals surface area contributed by atoms with Crippen LogP contribution in [0.15, 0.2) is 18.3 Å². The highest BCUT2D eigenvalue weighted by molar-refractivity contribution is 7.91. The van der Waals surface area contributed by atoms with Crippen LogP contribution in [0.4, 0.5) is 0 Å². The van der Waals surface area contributed by atoms with Crippen LogP contribution in [0.5, 0.6) is 0 Å². The van der Waals surface area contributed by atoms with E-state index >= 15 is 0 Å². The number of rotatable bonds is 2. The summed E-state index contributed by atoms with van der Waals surface area (Å²) in [7, 11) is -2.96. The summed E-state index contributed by atoms with van der Waals surface area (Å²) < 4.78 is 23.0. The van der Waals surface area contributed by atoms with Gasteiger partial charge in [0.1, 0.15) is 15.4 Å². The zero-order valence-corrected chi connectivity index (χ0v) is 14.8. The molecule has 7 heteroatoms. The van der Waals surface area contributed by atoms with Crippen molar-refractivity contribution < 1.29 is 18.3 Å². The number of aromatic nitrogens is 1. The van der Waals surface area contributed by atoms with Gasteiger partial charge in [-0.05, 0) is 44.2 Å². The second-order valence-corrected chi connectivity index (χ2v) is 9.31. The highest BCUT2D eigenvalue weighted by Crippen LogP contribution is 2.33. The van der Waals surface area contributed by atoms with Crippen LogP contribution in [0.3, 0.4) is 0 Å². The third-order valence-corrected chi connectivity index (χ3v) is 6.91. The van der Waals surface area contributed by atoms with Crippen molar-refractivity contribution in [2.24, 2.45) is 5.92 Å². The fourth-order valence-corrected chi connectivity index (χ4v) is 4.98. The molecule has 24 heavy (non-hydrogen) atoms. The van der Waals surface area contributed by atoms with E-state index in [0.29, 0.717) is 44.5 Å². The molecule has 1 amide bonds. The summed E-state index contributed by atoms with van der Waals surface area (Å²) in [6.07, 6.45) is 3.50. The largest absolute Gasteiger partial charge is 0.383 e. The van der Waals surface area contributed by atoms with E-state index in [1.165, 1.54) is 0 Å². The van der Waals surface area contributed by atoms with Crippen LogP contribution >= 0.6 is 0 Å². The van der Waals surface area contributed by atoms with E-state index in [1.54, 1.807) is 11.1 Å². The van der Waals surface area contributed by atoms with Gasteiger partial charge in [0, 0.05) is 25.2 Å². The first-order valence-corrected chi connectivity index (χ1v) is 10.3. The van der Waals surface area contributed by atoms with E-state index in [4.69, 9.17) is 0 Å². The quantitative estimate of drug-likeness (QED) is 0.859. The van der Waals surface area contributed by atoms with E-state index in [1.807, 2.05) is 19.1 Å². The second kappa shape index (κ2) is 6.44. The Bertz CT molecular complexity index is 693. The molecule has 0 aromatic carbocycles. The summed E-state index contributed by atoms with van der Waals surface area (Å²) in [6, 6.07) is 3.78. The number of nitrogens with zero attached hydrogens (tertiary/aromatic N) is 2. The molecule has 0 spiro atoms. The average Bonchev–Trinajstić information content (AvgIpc) is 2.55. The number of hydrogen-bond donors (Lipinski definition) is 1. The third-order valence-electron chi connectivity index (χ3n) is 5.19. The predicted molar refractivity (Wildman–Crippen MR) is 90.1 cm³/mol. The maximum atomic E-state index is 12.6. The summed E-state index contributed by atoms with van der Waals surface area (Å²) in [4.78, 5) is 18.7. The second-order valence-electron chi connectivity index (χ2n) is 7.00. The van der Waals surface area contributed by atoms with Gasteiger partial charge in [0.05, 0.1) is 17.2 Å². The SMILES string of the molecule is Cc1ccc(C2(O)CCN(C(=O)C3CCS(=O)(=O)CC3)CC2)nc1. The van der Waals surface area contributed by atoms with Crippen LogP contribution in [0.2, 0.25) is 0 Å². The molecule has 1 aromatic heterocycles. The third kappa shape index (κ3) is 3.62. The number of carbonyl (C=O) groups excluding carboxylic acids is 1. The Hall–Kier alpha value is -1.47. The Kier molecular flexibility index (Phi) is 4.66. The van der Waals surface area contributed by atoms with Gasteiger partial charge in [0.25, 0.3) is 0 Å². The van der Waals surface area contributed by atoms with E-state index in [2.05, 4.69) is 4.98 Å². The van der Waals surface area contributed by atoms with Gasteiger partial charge in [-0.2, -0.15) is 0 Å². The highest BCUT2D eigenvalue weighted by Gasteiger charge is 2.39. The van der Waals surface area contributed by atoms with Crippen molar-refractivity contribution in [2.75, 3.05) is 24.6 Å². The molecule has 1 N–H and O–H groups in total. The van der Waals surface area contributed by atoms with E-state index < -0.39 is 15.4 Å². The van der Waals surface area contributed by atoms with Crippen molar-refractivity contribution in [1.29, 1.82) is 0 Å². The molecule has 0 atom stereocenters. The molecule has 0 bridgehead atoms. The molecule has 3 rings (SSSR count). The number of aryl methyl sites for hydroxylation is 1. The average molecular weight is 352 g/mol. The smallest absolute Gasteiger partial charge is 0.225 e. The maximum Gasteiger partial charge on any atom is 0.225 e. The highest BCUT2D eigenvalue weighted by atomic mass is 32.2. The van der Waals surface area contributed by atoms with Gasteiger partial charge in [-0.15, -0.1) is 0 Å². The van der Waals surface area contributed by atoms with Crippen molar-refractivity contribution in [3.05, 3.63) is 29.6 Å². The molecule has 132 valence electrons. The molecular formula is C17H24N2O4S. The monoisotopic (exact) mass is 352 g/mol. The number of piperidine rings is 1.